The van der Waals surface area contributed by atoms with Gasteiger partial charge in [0.25, 0.3) is 0 Å². The Kier molecular flexibility index (Phi) is 47.5. The fourth-order valence-corrected chi connectivity index (χ4v) is 10.1. The average Bonchev–Trinajstić information content (AvgIpc) is 3.37. The highest BCUT2D eigenvalue weighted by Crippen LogP contribution is 2.24. The van der Waals surface area contributed by atoms with E-state index in [-0.39, 0.29) is 12.8 Å². The first-order valence-corrected chi connectivity index (χ1v) is 30.6. The van der Waals surface area contributed by atoms with Crippen LogP contribution in [0.5, 0.6) is 0 Å². The summed E-state index contributed by atoms with van der Waals surface area (Å²) in [5.41, 5.74) is 0. The van der Waals surface area contributed by atoms with Crippen molar-refractivity contribution >= 4 is 5.91 Å². The van der Waals surface area contributed by atoms with E-state index in [0.717, 1.165) is 38.5 Å². The Morgan fingerprint density at radius 3 is 1.21 bits per heavy atom. The summed E-state index contributed by atoms with van der Waals surface area (Å²) in [5, 5.41) is 76.1. The molecule has 71 heavy (non-hydrogen) atoms. The molecule has 1 aliphatic rings. The highest BCUT2D eigenvalue weighted by Gasteiger charge is 2.44. The van der Waals surface area contributed by atoms with Crippen LogP contribution in [0.15, 0.2) is 12.2 Å². The van der Waals surface area contributed by atoms with Gasteiger partial charge in [0.1, 0.15) is 36.6 Å². The Hall–Kier alpha value is -1.15. The van der Waals surface area contributed by atoms with Crippen LogP contribution in [0.4, 0.5) is 0 Å². The number of carbonyl (C=O) groups is 1. The lowest BCUT2D eigenvalue weighted by Gasteiger charge is -2.40. The molecule has 9 atom stereocenters. The van der Waals surface area contributed by atoms with Crippen LogP contribution in [0, 0.1) is 0 Å². The zero-order valence-electron chi connectivity index (χ0n) is 46.2. The van der Waals surface area contributed by atoms with Crippen molar-refractivity contribution in [3.05, 3.63) is 12.2 Å². The van der Waals surface area contributed by atoms with Crippen LogP contribution in [-0.2, 0) is 14.3 Å². The summed E-state index contributed by atoms with van der Waals surface area (Å²) in [5.74, 6) is -0.701. The number of aliphatic hydroxyl groups is 7. The fourth-order valence-electron chi connectivity index (χ4n) is 10.1. The van der Waals surface area contributed by atoms with E-state index in [1.807, 2.05) is 0 Å². The molecule has 8 N–H and O–H groups in total. The third-order valence-electron chi connectivity index (χ3n) is 15.1. The van der Waals surface area contributed by atoms with Crippen LogP contribution >= 0.6 is 0 Å². The standard InChI is InChI=1S/C60H117NO10/c1-3-5-7-9-11-13-15-17-19-20-21-22-23-24-25-26-27-28-29-30-31-32-34-35-37-39-41-43-45-47-52(63)55(65)51(50-70-60-58(68)57(67)56(66)54(49-62)71-60)61-59(69)53(64)48-46-44-42-40-38-36-33-18-16-14-12-10-8-6-4-2/h39,41,51-58,60,62-68H,3-38,40,42-50H2,1-2H3,(H,61,69)/b41-39+. The second-order valence-corrected chi connectivity index (χ2v) is 21.8. The second-order valence-electron chi connectivity index (χ2n) is 21.8. The van der Waals surface area contributed by atoms with E-state index in [1.165, 1.54) is 218 Å². The molecule has 1 saturated heterocycles. The maximum atomic E-state index is 13.2. The topological polar surface area (TPSA) is 189 Å². The summed E-state index contributed by atoms with van der Waals surface area (Å²) in [6, 6.07) is -1.18. The van der Waals surface area contributed by atoms with E-state index in [9.17, 15) is 40.5 Å². The molecule has 0 aromatic heterocycles. The van der Waals surface area contributed by atoms with Gasteiger partial charge in [-0.15, -0.1) is 0 Å². The molecule has 0 saturated carbocycles. The van der Waals surface area contributed by atoms with E-state index in [0.29, 0.717) is 12.8 Å². The number of allylic oxidation sites excluding steroid dienone is 2. The van der Waals surface area contributed by atoms with Crippen LogP contribution in [-0.4, -0.2) is 110 Å². The lowest BCUT2D eigenvalue weighted by atomic mass is 9.98. The summed E-state index contributed by atoms with van der Waals surface area (Å²) in [6.45, 7) is 3.48. The Morgan fingerprint density at radius 1 is 0.479 bits per heavy atom. The van der Waals surface area contributed by atoms with Gasteiger partial charge in [-0.3, -0.25) is 4.79 Å². The summed E-state index contributed by atoms with van der Waals surface area (Å²) in [7, 11) is 0. The van der Waals surface area contributed by atoms with Gasteiger partial charge in [0.2, 0.25) is 5.91 Å². The smallest absolute Gasteiger partial charge is 0.249 e. The van der Waals surface area contributed by atoms with Gasteiger partial charge >= 0.3 is 0 Å². The molecule has 11 nitrogen and oxygen atoms in total. The minimum atomic E-state index is -1.66. The highest BCUT2D eigenvalue weighted by molar-refractivity contribution is 5.80. The molecule has 0 bridgehead atoms. The first-order valence-electron chi connectivity index (χ1n) is 30.6. The van der Waals surface area contributed by atoms with Crippen LogP contribution in [0.3, 0.4) is 0 Å². The van der Waals surface area contributed by atoms with Crippen molar-refractivity contribution in [1.29, 1.82) is 0 Å². The molecule has 1 fully saturated rings. The van der Waals surface area contributed by atoms with Crippen molar-refractivity contribution in [3.63, 3.8) is 0 Å². The Bertz CT molecular complexity index is 1160. The van der Waals surface area contributed by atoms with Gasteiger partial charge in [-0.25, -0.2) is 0 Å². The van der Waals surface area contributed by atoms with Gasteiger partial charge in [0, 0.05) is 0 Å². The van der Waals surface area contributed by atoms with Crippen molar-refractivity contribution in [1.82, 2.24) is 5.32 Å². The molecule has 1 heterocycles. The normalized spacial score (nSPS) is 20.2. The summed E-state index contributed by atoms with van der Waals surface area (Å²) < 4.78 is 11.1. The molecule has 0 spiro atoms. The molecule has 0 radical (unpaired) electrons. The predicted octanol–water partition coefficient (Wildman–Crippen LogP) is 13.1. The lowest BCUT2D eigenvalue weighted by Crippen LogP contribution is -2.60. The first kappa shape index (κ1) is 67.9. The van der Waals surface area contributed by atoms with Crippen LogP contribution < -0.4 is 5.32 Å². The summed E-state index contributed by atoms with van der Waals surface area (Å²) in [6.07, 6.45) is 47.2. The third-order valence-corrected chi connectivity index (χ3v) is 15.1. The number of ether oxygens (including phenoxy) is 2. The molecular formula is C60H117NO10. The molecule has 0 aromatic carbocycles. The molecule has 1 rings (SSSR count). The van der Waals surface area contributed by atoms with Crippen molar-refractivity contribution < 1.29 is 50.0 Å². The predicted molar refractivity (Wildman–Crippen MR) is 293 cm³/mol. The molecule has 9 unspecified atom stereocenters. The molecule has 0 aliphatic carbocycles. The molecule has 11 heteroatoms. The Labute approximate surface area is 436 Å². The number of hydrogen-bond acceptors (Lipinski definition) is 10. The van der Waals surface area contributed by atoms with Crippen LogP contribution in [0.2, 0.25) is 0 Å². The molecule has 1 aliphatic heterocycles. The molecular weight excluding hydrogens is 895 g/mol. The van der Waals surface area contributed by atoms with E-state index in [4.69, 9.17) is 9.47 Å². The van der Waals surface area contributed by atoms with Gasteiger partial charge in [-0.2, -0.15) is 0 Å². The molecule has 1 amide bonds. The van der Waals surface area contributed by atoms with Crippen molar-refractivity contribution in [3.8, 4) is 0 Å². The van der Waals surface area contributed by atoms with Gasteiger partial charge < -0.3 is 50.5 Å². The van der Waals surface area contributed by atoms with Crippen LogP contribution in [0.1, 0.15) is 296 Å². The van der Waals surface area contributed by atoms with E-state index in [2.05, 4.69) is 31.3 Å². The Balaban J connectivity index is 2.25. The van der Waals surface area contributed by atoms with E-state index < -0.39 is 74.2 Å². The monoisotopic (exact) mass is 1010 g/mol. The number of aliphatic hydroxyl groups excluding tert-OH is 7. The maximum absolute atomic E-state index is 13.2. The van der Waals surface area contributed by atoms with Gasteiger partial charge in [-0.05, 0) is 38.5 Å². The van der Waals surface area contributed by atoms with Crippen molar-refractivity contribution in [2.75, 3.05) is 13.2 Å². The zero-order valence-corrected chi connectivity index (χ0v) is 46.2. The fraction of sp³-hybridized carbons (Fsp3) is 0.950. The molecule has 0 aromatic rings. The van der Waals surface area contributed by atoms with Crippen molar-refractivity contribution in [2.45, 2.75) is 351 Å². The Morgan fingerprint density at radius 2 is 0.831 bits per heavy atom. The maximum Gasteiger partial charge on any atom is 0.249 e. The SMILES string of the molecule is CCCCCCCCCCCCCCCCCCCCCCCCCC/C=C/CCCC(O)C(O)C(COC1OC(CO)C(O)C(O)C1O)NC(=O)C(O)CCCCCCCCCCCCCCCCC. The highest BCUT2D eigenvalue weighted by atomic mass is 16.7. The van der Waals surface area contributed by atoms with Crippen molar-refractivity contribution in [2.24, 2.45) is 0 Å². The van der Waals surface area contributed by atoms with E-state index in [1.54, 1.807) is 0 Å². The minimum Gasteiger partial charge on any atom is -0.394 e. The number of unbranched alkanes of at least 4 members (excludes halogenated alkanes) is 39. The van der Waals surface area contributed by atoms with Gasteiger partial charge in [0.05, 0.1) is 25.4 Å². The third kappa shape index (κ3) is 38.1. The first-order chi connectivity index (χ1) is 34.7. The number of rotatable bonds is 53. The molecule has 422 valence electrons. The minimum absolute atomic E-state index is 0.259. The number of carbonyl (C=O) groups excluding carboxylic acids is 1. The number of nitrogens with one attached hydrogen (secondary N) is 1. The van der Waals surface area contributed by atoms with Crippen LogP contribution in [0.25, 0.3) is 0 Å². The van der Waals surface area contributed by atoms with Gasteiger partial charge in [0.15, 0.2) is 6.29 Å². The zero-order chi connectivity index (χ0) is 51.8. The van der Waals surface area contributed by atoms with E-state index >= 15 is 0 Å². The second kappa shape index (κ2) is 49.7. The average molecular weight is 1010 g/mol. The summed E-state index contributed by atoms with van der Waals surface area (Å²) in [4.78, 5) is 13.2. The largest absolute Gasteiger partial charge is 0.394 e. The number of hydrogen-bond donors (Lipinski definition) is 8. The number of amides is 1. The van der Waals surface area contributed by atoms with Gasteiger partial charge in [-0.1, -0.05) is 270 Å². The summed E-state index contributed by atoms with van der Waals surface area (Å²) >= 11 is 0. The quantitative estimate of drug-likeness (QED) is 0.0215. The lowest BCUT2D eigenvalue weighted by molar-refractivity contribution is -0.303.